The quantitative estimate of drug-likeness (QED) is 0.209. The zero-order valence-electron chi connectivity index (χ0n) is 25.5. The summed E-state index contributed by atoms with van der Waals surface area (Å²) in [7, 11) is 0. The Bertz CT molecular complexity index is 2280. The van der Waals surface area contributed by atoms with Gasteiger partial charge in [0.05, 0.1) is 23.2 Å². The Hall–Kier alpha value is -5.36. The fourth-order valence-corrected chi connectivity index (χ4v) is 6.35. The molecule has 0 radical (unpaired) electrons. The highest BCUT2D eigenvalue weighted by molar-refractivity contribution is 6.18. The summed E-state index contributed by atoms with van der Waals surface area (Å²) in [6, 6.07) is 17.8. The number of fused-ring (bicyclic) bond motifs is 2. The molecule has 1 amide bonds. The van der Waals surface area contributed by atoms with Gasteiger partial charge in [0, 0.05) is 24.5 Å². The number of hydrogen-bond acceptors (Lipinski definition) is 6. The number of amides is 1. The largest absolute Gasteiger partial charge is 0.492 e. The van der Waals surface area contributed by atoms with Gasteiger partial charge in [-0.3, -0.25) is 14.2 Å². The van der Waals surface area contributed by atoms with Crippen molar-refractivity contribution in [1.82, 2.24) is 28.8 Å². The van der Waals surface area contributed by atoms with Gasteiger partial charge >= 0.3 is 5.69 Å². The summed E-state index contributed by atoms with van der Waals surface area (Å²) >= 11 is 5.72. The number of rotatable bonds is 8. The number of hydrogen-bond donors (Lipinski definition) is 1. The number of benzene rings is 2. The minimum Gasteiger partial charge on any atom is -0.492 e. The van der Waals surface area contributed by atoms with Crippen LogP contribution in [0.5, 0.6) is 5.75 Å². The Morgan fingerprint density at radius 2 is 1.73 bits per heavy atom. The van der Waals surface area contributed by atoms with Crippen LogP contribution in [0.3, 0.4) is 0 Å². The van der Waals surface area contributed by atoms with Crippen LogP contribution in [0.2, 0.25) is 0 Å². The molecule has 4 heterocycles. The van der Waals surface area contributed by atoms with Crippen LogP contribution in [-0.2, 0) is 0 Å². The maximum atomic E-state index is 14.4. The number of alkyl halides is 1. The van der Waals surface area contributed by atoms with Crippen LogP contribution in [0, 0.1) is 11.6 Å². The van der Waals surface area contributed by atoms with Crippen LogP contribution < -0.4 is 21.3 Å². The van der Waals surface area contributed by atoms with E-state index in [1.54, 1.807) is 12.1 Å². The van der Waals surface area contributed by atoms with Gasteiger partial charge in [0.25, 0.3) is 11.5 Å². The molecule has 1 aliphatic rings. The predicted molar refractivity (Wildman–Crippen MR) is 177 cm³/mol. The van der Waals surface area contributed by atoms with Crippen molar-refractivity contribution >= 4 is 34.2 Å². The summed E-state index contributed by atoms with van der Waals surface area (Å²) in [5, 5.41) is 2.95. The average Bonchev–Trinajstić information content (AvgIpc) is 3.52. The lowest BCUT2D eigenvalue weighted by Crippen LogP contribution is -2.45. The molecule has 244 valence electrons. The second-order valence-corrected chi connectivity index (χ2v) is 12.0. The Labute approximate surface area is 277 Å². The van der Waals surface area contributed by atoms with E-state index in [-0.39, 0.29) is 22.8 Å². The normalized spacial score (nSPS) is 16.3. The lowest BCUT2D eigenvalue weighted by atomic mass is 9.90. The molecular weight excluding hydrogens is 642 g/mol. The Morgan fingerprint density at radius 1 is 0.938 bits per heavy atom. The maximum absolute atomic E-state index is 14.4. The zero-order valence-corrected chi connectivity index (χ0v) is 26.2. The monoisotopic (exact) mass is 670 g/mol. The number of nitrogens with zero attached hydrogens (tertiary/aromatic N) is 5. The van der Waals surface area contributed by atoms with Crippen LogP contribution >= 0.6 is 11.6 Å². The van der Waals surface area contributed by atoms with E-state index in [0.717, 1.165) is 23.4 Å². The number of aromatic nitrogens is 5. The summed E-state index contributed by atoms with van der Waals surface area (Å²) in [5.74, 6) is -0.483. The third kappa shape index (κ3) is 6.06. The van der Waals surface area contributed by atoms with Crippen LogP contribution in [0.1, 0.15) is 42.2 Å². The molecule has 1 aliphatic carbocycles. The van der Waals surface area contributed by atoms with E-state index in [0.29, 0.717) is 55.3 Å². The number of halogens is 3. The van der Waals surface area contributed by atoms with E-state index in [1.165, 1.54) is 38.1 Å². The van der Waals surface area contributed by atoms with Crippen molar-refractivity contribution in [3.8, 4) is 22.6 Å². The minimum absolute atomic E-state index is 0.0143. The van der Waals surface area contributed by atoms with Crippen LogP contribution in [0.15, 0.2) is 94.9 Å². The van der Waals surface area contributed by atoms with Crippen LogP contribution in [0.4, 0.5) is 8.78 Å². The Balaban J connectivity index is 1.17. The molecule has 2 aromatic carbocycles. The standard InChI is InChI=1S/C35H29ClF2N6O4/c36-14-15-48-28-11-4-21(5-12-28)22-2-1-3-27(16-22)43-32-29(17-24(38)18-39-32)34(46)44(35(43)47)26-9-7-25(8-10-26)40-33(45)30-20-42-19-23(37)6-13-31(42)41-30/h1-6,11-13,16-20,25-26H,7-10,14-15H2,(H,40,45). The van der Waals surface area contributed by atoms with Crippen LogP contribution in [0.25, 0.3) is 33.5 Å². The Kier molecular flexibility index (Phi) is 8.49. The second kappa shape index (κ2) is 13.0. The summed E-state index contributed by atoms with van der Waals surface area (Å²) in [5.41, 5.74) is 1.59. The van der Waals surface area contributed by atoms with Crippen molar-refractivity contribution in [3.63, 3.8) is 0 Å². The van der Waals surface area contributed by atoms with E-state index in [9.17, 15) is 23.2 Å². The fourth-order valence-electron chi connectivity index (χ4n) is 6.27. The van der Waals surface area contributed by atoms with Crippen molar-refractivity contribution in [3.05, 3.63) is 123 Å². The lowest BCUT2D eigenvalue weighted by molar-refractivity contribution is 0.0917. The molecule has 13 heteroatoms. The minimum atomic E-state index is -0.692. The first-order valence-corrected chi connectivity index (χ1v) is 16.0. The third-order valence-electron chi connectivity index (χ3n) is 8.57. The van der Waals surface area contributed by atoms with Crippen molar-refractivity contribution in [2.45, 2.75) is 37.8 Å². The van der Waals surface area contributed by atoms with Gasteiger partial charge in [-0.2, -0.15) is 0 Å². The van der Waals surface area contributed by atoms with Crippen molar-refractivity contribution in [1.29, 1.82) is 0 Å². The number of pyridine rings is 2. The molecule has 0 spiro atoms. The first kappa shape index (κ1) is 31.3. The van der Waals surface area contributed by atoms with E-state index in [2.05, 4.69) is 15.3 Å². The number of ether oxygens (including phenoxy) is 1. The van der Waals surface area contributed by atoms with E-state index < -0.39 is 34.8 Å². The number of carbonyl (C=O) groups excluding carboxylic acids is 1. The summed E-state index contributed by atoms with van der Waals surface area (Å²) in [6.07, 6.45) is 5.51. The van der Waals surface area contributed by atoms with Gasteiger partial charge in [-0.05, 0) is 79.3 Å². The predicted octanol–water partition coefficient (Wildman–Crippen LogP) is 5.67. The molecule has 6 aromatic rings. The molecule has 7 rings (SSSR count). The molecule has 4 aromatic heterocycles. The molecule has 0 aliphatic heterocycles. The second-order valence-electron chi connectivity index (χ2n) is 11.6. The zero-order chi connectivity index (χ0) is 33.4. The first-order valence-electron chi connectivity index (χ1n) is 15.5. The highest BCUT2D eigenvalue weighted by Gasteiger charge is 2.28. The molecule has 1 fully saturated rings. The highest BCUT2D eigenvalue weighted by Crippen LogP contribution is 2.29. The topological polar surface area (TPSA) is 113 Å². The van der Waals surface area contributed by atoms with Gasteiger partial charge in [-0.15, -0.1) is 11.6 Å². The first-order chi connectivity index (χ1) is 23.3. The molecule has 10 nitrogen and oxygen atoms in total. The van der Waals surface area contributed by atoms with Gasteiger partial charge < -0.3 is 14.5 Å². The molecule has 0 atom stereocenters. The molecular formula is C35H29ClF2N6O4. The molecule has 0 saturated heterocycles. The number of carbonyl (C=O) groups is 1. The van der Waals surface area contributed by atoms with Crippen molar-refractivity contribution in [2.24, 2.45) is 0 Å². The smallest absolute Gasteiger partial charge is 0.337 e. The highest BCUT2D eigenvalue weighted by atomic mass is 35.5. The summed E-state index contributed by atoms with van der Waals surface area (Å²) in [4.78, 5) is 49.3. The SMILES string of the molecule is O=C(NC1CCC(n2c(=O)c3cc(F)cnc3n(-c3cccc(-c4ccc(OCCCl)cc4)c3)c2=O)CC1)c1cn2cc(F)ccc2n1. The van der Waals surface area contributed by atoms with E-state index in [1.807, 2.05) is 36.4 Å². The maximum Gasteiger partial charge on any atom is 0.337 e. The number of nitrogens with one attached hydrogen (secondary N) is 1. The fraction of sp³-hybridized carbons (Fsp3) is 0.229. The average molecular weight is 671 g/mol. The molecule has 1 N–H and O–H groups in total. The van der Waals surface area contributed by atoms with Crippen molar-refractivity contribution < 1.29 is 18.3 Å². The van der Waals surface area contributed by atoms with Gasteiger partial charge in [0.1, 0.15) is 35.3 Å². The van der Waals surface area contributed by atoms with E-state index in [4.69, 9.17) is 16.3 Å². The number of imidazole rings is 1. The molecule has 48 heavy (non-hydrogen) atoms. The summed E-state index contributed by atoms with van der Waals surface area (Å²) in [6.45, 7) is 0.387. The van der Waals surface area contributed by atoms with Gasteiger partial charge in [0.2, 0.25) is 0 Å². The van der Waals surface area contributed by atoms with Gasteiger partial charge in [0.15, 0.2) is 5.65 Å². The van der Waals surface area contributed by atoms with Crippen LogP contribution in [-0.4, -0.2) is 47.9 Å². The van der Waals surface area contributed by atoms with Gasteiger partial charge in [-0.25, -0.2) is 28.1 Å². The third-order valence-corrected chi connectivity index (χ3v) is 8.73. The lowest BCUT2D eigenvalue weighted by Gasteiger charge is -2.30. The summed E-state index contributed by atoms with van der Waals surface area (Å²) < 4.78 is 37.6. The molecule has 0 bridgehead atoms. The van der Waals surface area contributed by atoms with Crippen molar-refractivity contribution in [2.75, 3.05) is 12.5 Å². The molecule has 0 unspecified atom stereocenters. The molecule has 1 saturated carbocycles. The van der Waals surface area contributed by atoms with E-state index >= 15 is 0 Å². The van der Waals surface area contributed by atoms with Gasteiger partial charge in [-0.1, -0.05) is 24.3 Å². The Morgan fingerprint density at radius 3 is 2.50 bits per heavy atom.